The second-order valence-corrected chi connectivity index (χ2v) is 7.87. The van der Waals surface area contributed by atoms with Crippen LogP contribution in [0.4, 0.5) is 0 Å². The van der Waals surface area contributed by atoms with E-state index in [2.05, 4.69) is 10.6 Å². The summed E-state index contributed by atoms with van der Waals surface area (Å²) in [7, 11) is 1.51. The van der Waals surface area contributed by atoms with Crippen LogP contribution in [0.25, 0.3) is 0 Å². The van der Waals surface area contributed by atoms with Crippen molar-refractivity contribution in [2.45, 2.75) is 52.5 Å². The van der Waals surface area contributed by atoms with E-state index >= 15 is 0 Å². The maximum absolute atomic E-state index is 12.7. The molecular weight excluding hydrogens is 360 g/mol. The summed E-state index contributed by atoms with van der Waals surface area (Å²) in [5.74, 6) is -1.65. The van der Waals surface area contributed by atoms with Crippen LogP contribution in [0.2, 0.25) is 0 Å². The first-order chi connectivity index (χ1) is 13.1. The van der Waals surface area contributed by atoms with E-state index in [0.717, 1.165) is 5.75 Å². The van der Waals surface area contributed by atoms with Crippen molar-refractivity contribution in [3.05, 3.63) is 30.3 Å². The lowest BCUT2D eigenvalue weighted by atomic mass is 9.85. The number of amides is 2. The molecule has 2 atom stereocenters. The molecule has 1 aromatic carbocycles. The third-order valence-electron chi connectivity index (χ3n) is 4.41. The SMILES string of the molecule is CNC(=O)[C@@H](NC(=O)[C@H](CCCCOc1ccccc1)CC(=O)O)C(C)(C)C. The van der Waals surface area contributed by atoms with Crippen molar-refractivity contribution >= 4 is 17.8 Å². The number of nitrogens with one attached hydrogen (secondary N) is 2. The van der Waals surface area contributed by atoms with Crippen molar-refractivity contribution in [2.75, 3.05) is 13.7 Å². The predicted octanol–water partition coefficient (Wildman–Crippen LogP) is 2.60. The highest BCUT2D eigenvalue weighted by atomic mass is 16.5. The molecular formula is C21H32N2O5. The van der Waals surface area contributed by atoms with Crippen LogP contribution >= 0.6 is 0 Å². The van der Waals surface area contributed by atoms with E-state index in [-0.39, 0.29) is 12.3 Å². The van der Waals surface area contributed by atoms with Gasteiger partial charge in [-0.15, -0.1) is 0 Å². The Morgan fingerprint density at radius 2 is 1.71 bits per heavy atom. The summed E-state index contributed by atoms with van der Waals surface area (Å²) >= 11 is 0. The van der Waals surface area contributed by atoms with E-state index in [1.54, 1.807) is 0 Å². The summed E-state index contributed by atoms with van der Waals surface area (Å²) in [5.41, 5.74) is -0.493. The number of unbranched alkanes of at least 4 members (excludes halogenated alkanes) is 1. The highest BCUT2D eigenvalue weighted by Gasteiger charge is 2.34. The van der Waals surface area contributed by atoms with Crippen LogP contribution in [0, 0.1) is 11.3 Å². The monoisotopic (exact) mass is 392 g/mol. The zero-order valence-corrected chi connectivity index (χ0v) is 17.2. The number of carboxylic acid groups (broad SMARTS) is 1. The highest BCUT2D eigenvalue weighted by Crippen LogP contribution is 2.21. The number of ether oxygens (including phenoxy) is 1. The van der Waals surface area contributed by atoms with Crippen molar-refractivity contribution in [1.82, 2.24) is 10.6 Å². The van der Waals surface area contributed by atoms with E-state index in [1.807, 2.05) is 51.1 Å². The van der Waals surface area contributed by atoms with Crippen molar-refractivity contribution < 1.29 is 24.2 Å². The summed E-state index contributed by atoms with van der Waals surface area (Å²) in [6, 6.07) is 8.69. The molecule has 0 spiro atoms. The second kappa shape index (κ2) is 11.3. The number of para-hydroxylation sites is 1. The highest BCUT2D eigenvalue weighted by molar-refractivity contribution is 5.90. The maximum atomic E-state index is 12.7. The van der Waals surface area contributed by atoms with Crippen LogP contribution in [0.5, 0.6) is 5.75 Å². The quantitative estimate of drug-likeness (QED) is 0.502. The van der Waals surface area contributed by atoms with Gasteiger partial charge >= 0.3 is 5.97 Å². The minimum atomic E-state index is -1.03. The van der Waals surface area contributed by atoms with Gasteiger partial charge in [0.2, 0.25) is 11.8 Å². The third kappa shape index (κ3) is 8.41. The number of rotatable bonds is 11. The number of carboxylic acids is 1. The molecule has 0 saturated heterocycles. The molecule has 3 N–H and O–H groups in total. The van der Waals surface area contributed by atoms with Crippen molar-refractivity contribution in [2.24, 2.45) is 11.3 Å². The number of carbonyl (C=O) groups is 3. The van der Waals surface area contributed by atoms with Gasteiger partial charge in [-0.05, 0) is 36.8 Å². The number of likely N-dealkylation sites (N-methyl/N-ethyl adjacent to an activating group) is 1. The van der Waals surface area contributed by atoms with Gasteiger partial charge in [-0.3, -0.25) is 14.4 Å². The summed E-state index contributed by atoms with van der Waals surface area (Å²) in [6.07, 6.45) is 1.51. The molecule has 7 nitrogen and oxygen atoms in total. The molecule has 156 valence electrons. The molecule has 0 fully saturated rings. The molecule has 0 aliphatic carbocycles. The average molecular weight is 392 g/mol. The normalized spacial score (nSPS) is 13.3. The topological polar surface area (TPSA) is 105 Å². The molecule has 0 aliphatic rings. The molecule has 0 saturated carbocycles. The number of benzene rings is 1. The Hall–Kier alpha value is -2.57. The van der Waals surface area contributed by atoms with E-state index in [1.165, 1.54) is 7.05 Å². The van der Waals surface area contributed by atoms with Crippen LogP contribution in [-0.4, -0.2) is 42.6 Å². The molecule has 28 heavy (non-hydrogen) atoms. The van der Waals surface area contributed by atoms with E-state index in [0.29, 0.717) is 25.9 Å². The van der Waals surface area contributed by atoms with Crippen LogP contribution in [-0.2, 0) is 14.4 Å². The summed E-state index contributed by atoms with van der Waals surface area (Å²) < 4.78 is 5.61. The van der Waals surface area contributed by atoms with Crippen molar-refractivity contribution in [1.29, 1.82) is 0 Å². The van der Waals surface area contributed by atoms with Gasteiger partial charge in [-0.2, -0.15) is 0 Å². The first-order valence-electron chi connectivity index (χ1n) is 9.56. The lowest BCUT2D eigenvalue weighted by Gasteiger charge is -2.31. The smallest absolute Gasteiger partial charge is 0.304 e. The fourth-order valence-electron chi connectivity index (χ4n) is 2.82. The van der Waals surface area contributed by atoms with Crippen LogP contribution in [0.15, 0.2) is 30.3 Å². The largest absolute Gasteiger partial charge is 0.494 e. The third-order valence-corrected chi connectivity index (χ3v) is 4.41. The van der Waals surface area contributed by atoms with Crippen molar-refractivity contribution in [3.8, 4) is 5.75 Å². The number of hydrogen-bond acceptors (Lipinski definition) is 4. The lowest BCUT2D eigenvalue weighted by molar-refractivity contribution is -0.142. The number of hydrogen-bond donors (Lipinski definition) is 3. The molecule has 1 rings (SSSR count). The Morgan fingerprint density at radius 1 is 1.07 bits per heavy atom. The number of aliphatic carboxylic acids is 1. The van der Waals surface area contributed by atoms with Gasteiger partial charge in [0, 0.05) is 13.0 Å². The number of carbonyl (C=O) groups excluding carboxylic acids is 2. The fourth-order valence-corrected chi connectivity index (χ4v) is 2.82. The van der Waals surface area contributed by atoms with Crippen LogP contribution in [0.1, 0.15) is 46.5 Å². The Balaban J connectivity index is 2.59. The molecule has 0 bridgehead atoms. The minimum Gasteiger partial charge on any atom is -0.494 e. The summed E-state index contributed by atoms with van der Waals surface area (Å²) in [5, 5.41) is 14.4. The first-order valence-corrected chi connectivity index (χ1v) is 9.56. The van der Waals surface area contributed by atoms with Crippen molar-refractivity contribution in [3.63, 3.8) is 0 Å². The van der Waals surface area contributed by atoms with Gasteiger partial charge in [0.05, 0.1) is 13.0 Å². The molecule has 7 heteroatoms. The van der Waals surface area contributed by atoms with Crippen LogP contribution in [0.3, 0.4) is 0 Å². The Labute approximate surface area is 166 Å². The van der Waals surface area contributed by atoms with Gasteiger partial charge < -0.3 is 20.5 Å². The van der Waals surface area contributed by atoms with E-state index < -0.39 is 29.3 Å². The molecule has 0 aromatic heterocycles. The van der Waals surface area contributed by atoms with E-state index in [9.17, 15) is 14.4 Å². The van der Waals surface area contributed by atoms with Gasteiger partial charge in [-0.25, -0.2) is 0 Å². The molecule has 0 aliphatic heterocycles. The summed E-state index contributed by atoms with van der Waals surface area (Å²) in [4.78, 5) is 35.9. The van der Waals surface area contributed by atoms with Gasteiger partial charge in [0.15, 0.2) is 0 Å². The predicted molar refractivity (Wildman–Crippen MR) is 107 cm³/mol. The zero-order chi connectivity index (χ0) is 21.2. The van der Waals surface area contributed by atoms with Gasteiger partial charge in [0.25, 0.3) is 0 Å². The maximum Gasteiger partial charge on any atom is 0.304 e. The van der Waals surface area contributed by atoms with Gasteiger partial charge in [0.1, 0.15) is 11.8 Å². The summed E-state index contributed by atoms with van der Waals surface area (Å²) in [6.45, 7) is 6.04. The minimum absolute atomic E-state index is 0.268. The first kappa shape index (κ1) is 23.5. The molecule has 1 aromatic rings. The molecule has 0 heterocycles. The molecule has 2 amide bonds. The average Bonchev–Trinajstić information content (AvgIpc) is 2.63. The fraction of sp³-hybridized carbons (Fsp3) is 0.571. The lowest BCUT2D eigenvalue weighted by Crippen LogP contribution is -2.54. The zero-order valence-electron chi connectivity index (χ0n) is 17.2. The van der Waals surface area contributed by atoms with Gasteiger partial charge in [-0.1, -0.05) is 39.0 Å². The Bertz CT molecular complexity index is 640. The van der Waals surface area contributed by atoms with Crippen LogP contribution < -0.4 is 15.4 Å². The molecule has 0 radical (unpaired) electrons. The molecule has 0 unspecified atom stereocenters. The second-order valence-electron chi connectivity index (χ2n) is 7.87. The Morgan fingerprint density at radius 3 is 2.25 bits per heavy atom. The van der Waals surface area contributed by atoms with E-state index in [4.69, 9.17) is 9.84 Å². The Kier molecular flexibility index (Phi) is 9.48. The standard InChI is InChI=1S/C21H32N2O5/c1-21(2,3)18(20(27)22-4)23-19(26)15(14-17(24)25)10-8-9-13-28-16-11-6-5-7-12-16/h5-7,11-12,15,18H,8-10,13-14H2,1-4H3,(H,22,27)(H,23,26)(H,24,25)/t15-,18-/m1/s1.